The number of aromatic nitrogens is 3. The van der Waals surface area contributed by atoms with Gasteiger partial charge in [0.1, 0.15) is 5.76 Å². The van der Waals surface area contributed by atoms with Crippen LogP contribution in [0.1, 0.15) is 29.0 Å². The average molecular weight is 409 g/mol. The number of methoxy groups -OCH3 is 1. The zero-order valence-corrected chi connectivity index (χ0v) is 17.4. The lowest BCUT2D eigenvalue weighted by molar-refractivity contribution is 0.182. The number of amides is 2. The minimum absolute atomic E-state index is 0.0675. The molecule has 3 aromatic rings. The van der Waals surface area contributed by atoms with Crippen LogP contribution in [-0.4, -0.2) is 52.5 Å². The van der Waals surface area contributed by atoms with Gasteiger partial charge in [0.2, 0.25) is 5.89 Å². The fraction of sp³-hybridized carbons (Fsp3) is 0.409. The number of hydrogen-bond donors (Lipinski definition) is 1. The third-order valence-electron chi connectivity index (χ3n) is 5.22. The van der Waals surface area contributed by atoms with Gasteiger partial charge in [-0.2, -0.15) is 5.10 Å². The fourth-order valence-corrected chi connectivity index (χ4v) is 3.71. The van der Waals surface area contributed by atoms with Gasteiger partial charge < -0.3 is 19.4 Å². The number of nitrogens with one attached hydrogen (secondary N) is 1. The van der Waals surface area contributed by atoms with E-state index >= 15 is 0 Å². The first kappa shape index (κ1) is 20.2. The molecular weight excluding hydrogens is 382 g/mol. The summed E-state index contributed by atoms with van der Waals surface area (Å²) in [6.07, 6.45) is 3.22. The molecule has 8 nitrogen and oxygen atoms in total. The summed E-state index contributed by atoms with van der Waals surface area (Å²) >= 11 is 0. The maximum absolute atomic E-state index is 12.6. The summed E-state index contributed by atoms with van der Waals surface area (Å²) in [6, 6.07) is 10.2. The Kier molecular flexibility index (Phi) is 6.13. The number of hydrogen-bond acceptors (Lipinski definition) is 5. The first-order valence-electron chi connectivity index (χ1n) is 10.2. The van der Waals surface area contributed by atoms with Gasteiger partial charge in [-0.3, -0.25) is 4.68 Å². The van der Waals surface area contributed by atoms with Crippen LogP contribution >= 0.6 is 0 Å². The van der Waals surface area contributed by atoms with Crippen molar-refractivity contribution in [2.75, 3.05) is 26.8 Å². The van der Waals surface area contributed by atoms with Crippen LogP contribution in [0, 0.1) is 6.92 Å². The molecule has 1 N–H and O–H groups in total. The Balaban J connectivity index is 1.58. The number of fused-ring (bicyclic) bond motifs is 1. The van der Waals surface area contributed by atoms with Gasteiger partial charge in [0.15, 0.2) is 5.69 Å². The summed E-state index contributed by atoms with van der Waals surface area (Å²) in [4.78, 5) is 18.8. The van der Waals surface area contributed by atoms with Crippen molar-refractivity contribution >= 4 is 6.03 Å². The number of oxazole rings is 1. The number of ether oxygens (including phenoxy) is 1. The molecule has 1 aliphatic rings. The number of carbonyl (C=O) groups excluding carboxylic acids is 1. The van der Waals surface area contributed by atoms with Crippen molar-refractivity contribution < 1.29 is 13.9 Å². The third-order valence-corrected chi connectivity index (χ3v) is 5.22. The van der Waals surface area contributed by atoms with Crippen molar-refractivity contribution in [3.8, 4) is 11.6 Å². The fourth-order valence-electron chi connectivity index (χ4n) is 3.71. The van der Waals surface area contributed by atoms with Gasteiger partial charge in [0.25, 0.3) is 0 Å². The Morgan fingerprint density at radius 1 is 1.30 bits per heavy atom. The van der Waals surface area contributed by atoms with Crippen LogP contribution < -0.4 is 5.32 Å². The number of aryl methyl sites for hydroxylation is 1. The summed E-state index contributed by atoms with van der Waals surface area (Å²) < 4.78 is 12.8. The highest BCUT2D eigenvalue weighted by Gasteiger charge is 2.29. The van der Waals surface area contributed by atoms with E-state index < -0.39 is 0 Å². The lowest BCUT2D eigenvalue weighted by Crippen LogP contribution is -2.43. The van der Waals surface area contributed by atoms with E-state index in [-0.39, 0.29) is 6.03 Å². The highest BCUT2D eigenvalue weighted by atomic mass is 16.5. The summed E-state index contributed by atoms with van der Waals surface area (Å²) in [5.41, 5.74) is 4.03. The monoisotopic (exact) mass is 409 g/mol. The molecule has 2 aromatic heterocycles. The molecule has 158 valence electrons. The van der Waals surface area contributed by atoms with Gasteiger partial charge in [-0.15, -0.1) is 0 Å². The maximum Gasteiger partial charge on any atom is 0.317 e. The average Bonchev–Trinajstić information content (AvgIpc) is 3.35. The van der Waals surface area contributed by atoms with Gasteiger partial charge in [-0.05, 0) is 18.9 Å². The zero-order chi connectivity index (χ0) is 20.9. The normalized spacial score (nSPS) is 13.3. The molecule has 1 aromatic carbocycles. The van der Waals surface area contributed by atoms with E-state index in [2.05, 4.69) is 22.4 Å². The molecule has 0 spiro atoms. The topological polar surface area (TPSA) is 85.4 Å². The molecule has 2 amide bonds. The Morgan fingerprint density at radius 3 is 2.87 bits per heavy atom. The molecule has 1 aliphatic heterocycles. The molecule has 8 heteroatoms. The largest absolute Gasteiger partial charge is 0.440 e. The van der Waals surface area contributed by atoms with Crippen LogP contribution in [-0.2, 0) is 24.2 Å². The summed E-state index contributed by atoms with van der Waals surface area (Å²) in [5.74, 6) is 1.23. The first-order valence-corrected chi connectivity index (χ1v) is 10.2. The van der Waals surface area contributed by atoms with Gasteiger partial charge in [-0.25, -0.2) is 9.78 Å². The van der Waals surface area contributed by atoms with E-state index in [1.165, 1.54) is 5.56 Å². The third kappa shape index (κ3) is 4.38. The molecule has 4 rings (SSSR count). The minimum atomic E-state index is -0.0675. The first-order chi connectivity index (χ1) is 14.7. The van der Waals surface area contributed by atoms with Crippen LogP contribution in [0.3, 0.4) is 0 Å². The molecule has 0 atom stereocenters. The molecule has 0 radical (unpaired) electrons. The molecular formula is C22H27N5O3. The second-order valence-corrected chi connectivity index (χ2v) is 7.44. The minimum Gasteiger partial charge on any atom is -0.440 e. The number of carbonyl (C=O) groups is 1. The van der Waals surface area contributed by atoms with E-state index in [9.17, 15) is 4.79 Å². The predicted octanol–water partition coefficient (Wildman–Crippen LogP) is 3.00. The second kappa shape index (κ2) is 9.13. The SMILES string of the molecule is COCCCNC(=O)N1CCc2c(c(-c3ncc(C)o3)nn2Cc2ccccc2)C1. The Bertz CT molecular complexity index is 996. The van der Waals surface area contributed by atoms with E-state index in [0.29, 0.717) is 44.4 Å². The van der Waals surface area contributed by atoms with Crippen LogP contribution in [0.25, 0.3) is 11.6 Å². The van der Waals surface area contributed by atoms with Crippen molar-refractivity contribution in [2.45, 2.75) is 32.9 Å². The van der Waals surface area contributed by atoms with Crippen LogP contribution in [0.2, 0.25) is 0 Å². The van der Waals surface area contributed by atoms with Gasteiger partial charge in [0.05, 0.1) is 19.3 Å². The summed E-state index contributed by atoms with van der Waals surface area (Å²) in [5, 5.41) is 7.81. The highest BCUT2D eigenvalue weighted by molar-refractivity contribution is 5.75. The summed E-state index contributed by atoms with van der Waals surface area (Å²) in [6.45, 7) is 4.89. The smallest absolute Gasteiger partial charge is 0.317 e. The van der Waals surface area contributed by atoms with Gasteiger partial charge in [0, 0.05) is 44.5 Å². The van der Waals surface area contributed by atoms with Crippen LogP contribution in [0.4, 0.5) is 4.79 Å². The van der Waals surface area contributed by atoms with Crippen molar-refractivity contribution in [1.29, 1.82) is 0 Å². The molecule has 30 heavy (non-hydrogen) atoms. The van der Waals surface area contributed by atoms with Crippen molar-refractivity contribution in [3.63, 3.8) is 0 Å². The molecule has 3 heterocycles. The molecule has 0 unspecified atom stereocenters. The number of rotatable bonds is 7. The van der Waals surface area contributed by atoms with Crippen LogP contribution in [0.5, 0.6) is 0 Å². The lowest BCUT2D eigenvalue weighted by Gasteiger charge is -2.28. The lowest BCUT2D eigenvalue weighted by atomic mass is 10.0. The number of nitrogens with zero attached hydrogens (tertiary/aromatic N) is 4. The van der Waals surface area contributed by atoms with Gasteiger partial charge >= 0.3 is 6.03 Å². The predicted molar refractivity (Wildman–Crippen MR) is 112 cm³/mol. The van der Waals surface area contributed by atoms with Crippen molar-refractivity contribution in [3.05, 3.63) is 59.1 Å². The van der Waals surface area contributed by atoms with E-state index in [0.717, 1.165) is 29.9 Å². The van der Waals surface area contributed by atoms with Crippen molar-refractivity contribution in [1.82, 2.24) is 25.0 Å². The molecule has 0 aliphatic carbocycles. The maximum atomic E-state index is 12.6. The van der Waals surface area contributed by atoms with Crippen molar-refractivity contribution in [2.24, 2.45) is 0 Å². The van der Waals surface area contributed by atoms with Crippen LogP contribution in [0.15, 0.2) is 40.9 Å². The van der Waals surface area contributed by atoms with E-state index in [1.54, 1.807) is 13.3 Å². The Hall–Kier alpha value is -3.13. The number of benzene rings is 1. The molecule has 0 fully saturated rings. The Morgan fingerprint density at radius 2 is 2.13 bits per heavy atom. The van der Waals surface area contributed by atoms with E-state index in [4.69, 9.17) is 14.3 Å². The summed E-state index contributed by atoms with van der Waals surface area (Å²) in [7, 11) is 1.66. The highest BCUT2D eigenvalue weighted by Crippen LogP contribution is 2.30. The molecule has 0 saturated carbocycles. The van der Waals surface area contributed by atoms with Gasteiger partial charge in [-0.1, -0.05) is 30.3 Å². The zero-order valence-electron chi connectivity index (χ0n) is 17.4. The quantitative estimate of drug-likeness (QED) is 0.607. The second-order valence-electron chi connectivity index (χ2n) is 7.44. The van der Waals surface area contributed by atoms with E-state index in [1.807, 2.05) is 34.7 Å². The number of urea groups is 1. The Labute approximate surface area is 175 Å². The molecule has 0 bridgehead atoms. The molecule has 0 saturated heterocycles. The standard InChI is InChI=1S/C22H27N5O3/c1-16-13-24-21(30-16)20-18-15-26(22(28)23-10-6-12-29-2)11-9-19(18)27(25-20)14-17-7-4-3-5-8-17/h3-5,7-8,13H,6,9-12,14-15H2,1-2H3,(H,23,28).